The molecule has 4 heteroatoms. The number of methoxy groups -OCH3 is 1. The van der Waals surface area contributed by atoms with E-state index in [1.165, 1.54) is 16.0 Å². The summed E-state index contributed by atoms with van der Waals surface area (Å²) >= 11 is 1.69. The zero-order valence-corrected chi connectivity index (χ0v) is 11.8. The highest BCUT2D eigenvalue weighted by atomic mass is 32.1. The number of nitrogens with zero attached hydrogens (tertiary/aromatic N) is 1. The molecule has 1 aromatic carbocycles. The van der Waals surface area contributed by atoms with Crippen LogP contribution in [-0.2, 0) is 4.74 Å². The van der Waals surface area contributed by atoms with Gasteiger partial charge in [-0.1, -0.05) is 29.8 Å². The molecule has 2 aromatic rings. The molecule has 0 amide bonds. The van der Waals surface area contributed by atoms with Crippen LogP contribution < -0.4 is 5.32 Å². The Labute approximate surface area is 112 Å². The second-order valence-corrected chi connectivity index (χ2v) is 5.41. The number of hydrogen-bond donors (Lipinski definition) is 1. The first kappa shape index (κ1) is 13.1. The first-order valence-electron chi connectivity index (χ1n) is 5.98. The van der Waals surface area contributed by atoms with Gasteiger partial charge in [-0.25, -0.2) is 4.98 Å². The number of aromatic nitrogens is 1. The van der Waals surface area contributed by atoms with Gasteiger partial charge in [-0.3, -0.25) is 0 Å². The minimum absolute atomic E-state index is 0.693. The van der Waals surface area contributed by atoms with Gasteiger partial charge in [-0.15, -0.1) is 11.3 Å². The summed E-state index contributed by atoms with van der Waals surface area (Å²) in [4.78, 5) is 5.87. The van der Waals surface area contributed by atoms with E-state index in [4.69, 9.17) is 4.74 Å². The van der Waals surface area contributed by atoms with E-state index in [9.17, 15) is 0 Å². The maximum Gasteiger partial charge on any atom is 0.183 e. The average Bonchev–Trinajstić information content (AvgIpc) is 2.72. The van der Waals surface area contributed by atoms with Crippen LogP contribution in [0.25, 0.3) is 11.3 Å². The van der Waals surface area contributed by atoms with Crippen LogP contribution in [0.1, 0.15) is 10.4 Å². The molecule has 18 heavy (non-hydrogen) atoms. The lowest BCUT2D eigenvalue weighted by Crippen LogP contribution is -2.06. The van der Waals surface area contributed by atoms with Gasteiger partial charge in [-0.2, -0.15) is 0 Å². The van der Waals surface area contributed by atoms with Gasteiger partial charge < -0.3 is 10.1 Å². The smallest absolute Gasteiger partial charge is 0.183 e. The summed E-state index contributed by atoms with van der Waals surface area (Å²) in [5.74, 6) is 0. The fourth-order valence-corrected chi connectivity index (χ4v) is 2.57. The molecule has 0 unspecified atom stereocenters. The Bertz CT molecular complexity index is 505. The van der Waals surface area contributed by atoms with Crippen LogP contribution in [0, 0.1) is 13.8 Å². The normalized spacial score (nSPS) is 10.6. The minimum Gasteiger partial charge on any atom is -0.383 e. The Morgan fingerprint density at radius 1 is 1.22 bits per heavy atom. The molecule has 0 aliphatic rings. The molecule has 0 aliphatic heterocycles. The summed E-state index contributed by atoms with van der Waals surface area (Å²) in [6.45, 7) is 5.68. The zero-order valence-electron chi connectivity index (χ0n) is 11.0. The topological polar surface area (TPSA) is 34.1 Å². The minimum atomic E-state index is 0.693. The molecular formula is C14H18N2OS. The third kappa shape index (κ3) is 3.09. The Morgan fingerprint density at radius 3 is 2.61 bits per heavy atom. The SMILES string of the molecule is COCCNc1nc(-c2ccc(C)cc2)c(C)s1. The number of ether oxygens (including phenoxy) is 1. The predicted octanol–water partition coefficient (Wildman–Crippen LogP) is 3.49. The van der Waals surface area contributed by atoms with Crippen LogP contribution in [0.3, 0.4) is 0 Å². The molecule has 0 aliphatic carbocycles. The molecule has 0 radical (unpaired) electrons. The number of hydrogen-bond acceptors (Lipinski definition) is 4. The molecule has 0 saturated heterocycles. The maximum atomic E-state index is 5.01. The largest absolute Gasteiger partial charge is 0.383 e. The lowest BCUT2D eigenvalue weighted by atomic mass is 10.1. The summed E-state index contributed by atoms with van der Waals surface area (Å²) < 4.78 is 5.01. The van der Waals surface area contributed by atoms with E-state index in [1.54, 1.807) is 18.4 Å². The zero-order chi connectivity index (χ0) is 13.0. The van der Waals surface area contributed by atoms with Crippen molar-refractivity contribution < 1.29 is 4.74 Å². The van der Waals surface area contributed by atoms with E-state index in [0.717, 1.165) is 17.4 Å². The monoisotopic (exact) mass is 262 g/mol. The molecule has 2 rings (SSSR count). The van der Waals surface area contributed by atoms with Crippen molar-refractivity contribution in [1.29, 1.82) is 0 Å². The van der Waals surface area contributed by atoms with Crippen molar-refractivity contribution in [2.45, 2.75) is 13.8 Å². The molecule has 1 N–H and O–H groups in total. The predicted molar refractivity (Wildman–Crippen MR) is 77.4 cm³/mol. The standard InChI is InChI=1S/C14H18N2OS/c1-10-4-6-12(7-5-10)13-11(2)18-14(16-13)15-8-9-17-3/h4-7H,8-9H2,1-3H3,(H,15,16). The number of aryl methyl sites for hydroxylation is 2. The summed E-state index contributed by atoms with van der Waals surface area (Å²) in [5.41, 5.74) is 3.51. The van der Waals surface area contributed by atoms with Gasteiger partial charge in [0.15, 0.2) is 5.13 Å². The number of thiazole rings is 1. The summed E-state index contributed by atoms with van der Waals surface area (Å²) in [5, 5.41) is 4.23. The van der Waals surface area contributed by atoms with Crippen LogP contribution >= 0.6 is 11.3 Å². The van der Waals surface area contributed by atoms with E-state index in [2.05, 4.69) is 48.4 Å². The Kier molecular flexibility index (Phi) is 4.33. The van der Waals surface area contributed by atoms with Crippen molar-refractivity contribution >= 4 is 16.5 Å². The molecular weight excluding hydrogens is 244 g/mol. The van der Waals surface area contributed by atoms with Gasteiger partial charge in [0.25, 0.3) is 0 Å². The van der Waals surface area contributed by atoms with E-state index in [1.807, 2.05) is 0 Å². The molecule has 0 bridgehead atoms. The van der Waals surface area contributed by atoms with Gasteiger partial charge in [0, 0.05) is 24.1 Å². The third-order valence-electron chi connectivity index (χ3n) is 2.70. The summed E-state index contributed by atoms with van der Waals surface area (Å²) in [6, 6.07) is 8.48. The first-order chi connectivity index (χ1) is 8.70. The van der Waals surface area contributed by atoms with Crippen molar-refractivity contribution in [2.75, 3.05) is 25.6 Å². The van der Waals surface area contributed by atoms with Gasteiger partial charge in [0.05, 0.1) is 12.3 Å². The number of anilines is 1. The van der Waals surface area contributed by atoms with Gasteiger partial charge in [-0.05, 0) is 13.8 Å². The highest BCUT2D eigenvalue weighted by molar-refractivity contribution is 7.16. The second kappa shape index (κ2) is 5.98. The first-order valence-corrected chi connectivity index (χ1v) is 6.79. The van der Waals surface area contributed by atoms with Gasteiger partial charge in [0.1, 0.15) is 0 Å². The fourth-order valence-electron chi connectivity index (χ4n) is 1.71. The second-order valence-electron chi connectivity index (χ2n) is 4.21. The fraction of sp³-hybridized carbons (Fsp3) is 0.357. The number of rotatable bonds is 5. The molecule has 0 saturated carbocycles. The van der Waals surface area contributed by atoms with Crippen LogP contribution in [0.5, 0.6) is 0 Å². The van der Waals surface area contributed by atoms with Crippen LogP contribution in [-0.4, -0.2) is 25.2 Å². The summed E-state index contributed by atoms with van der Waals surface area (Å²) in [7, 11) is 1.70. The lowest BCUT2D eigenvalue weighted by Gasteiger charge is -2.00. The van der Waals surface area contributed by atoms with Crippen molar-refractivity contribution in [2.24, 2.45) is 0 Å². The molecule has 0 fully saturated rings. The van der Waals surface area contributed by atoms with E-state index >= 15 is 0 Å². The number of nitrogens with one attached hydrogen (secondary N) is 1. The van der Waals surface area contributed by atoms with Crippen molar-refractivity contribution in [3.63, 3.8) is 0 Å². The quantitative estimate of drug-likeness (QED) is 0.838. The van der Waals surface area contributed by atoms with Gasteiger partial charge in [0.2, 0.25) is 0 Å². The summed E-state index contributed by atoms with van der Waals surface area (Å²) in [6.07, 6.45) is 0. The lowest BCUT2D eigenvalue weighted by molar-refractivity contribution is 0.211. The Balaban J connectivity index is 2.16. The number of benzene rings is 1. The van der Waals surface area contributed by atoms with Gasteiger partial charge >= 0.3 is 0 Å². The van der Waals surface area contributed by atoms with Crippen molar-refractivity contribution in [1.82, 2.24) is 4.98 Å². The van der Waals surface area contributed by atoms with E-state index in [0.29, 0.717) is 6.61 Å². The third-order valence-corrected chi connectivity index (χ3v) is 3.63. The molecule has 1 aromatic heterocycles. The maximum absolute atomic E-state index is 5.01. The molecule has 0 spiro atoms. The van der Waals surface area contributed by atoms with Crippen LogP contribution in [0.2, 0.25) is 0 Å². The van der Waals surface area contributed by atoms with Crippen molar-refractivity contribution in [3.8, 4) is 11.3 Å². The Morgan fingerprint density at radius 2 is 1.94 bits per heavy atom. The Hall–Kier alpha value is -1.39. The average molecular weight is 262 g/mol. The molecule has 3 nitrogen and oxygen atoms in total. The van der Waals surface area contributed by atoms with Crippen molar-refractivity contribution in [3.05, 3.63) is 34.7 Å². The van der Waals surface area contributed by atoms with Crippen LogP contribution in [0.15, 0.2) is 24.3 Å². The molecule has 0 atom stereocenters. The molecule has 1 heterocycles. The van der Waals surface area contributed by atoms with E-state index < -0.39 is 0 Å². The molecule has 96 valence electrons. The highest BCUT2D eigenvalue weighted by Crippen LogP contribution is 2.30. The highest BCUT2D eigenvalue weighted by Gasteiger charge is 2.09. The van der Waals surface area contributed by atoms with Crippen LogP contribution in [0.4, 0.5) is 5.13 Å². The van der Waals surface area contributed by atoms with E-state index in [-0.39, 0.29) is 0 Å².